The Hall–Kier alpha value is -1.00. The predicted molar refractivity (Wildman–Crippen MR) is 66.9 cm³/mol. The third kappa shape index (κ3) is 3.23. The summed E-state index contributed by atoms with van der Waals surface area (Å²) >= 11 is 0. The van der Waals surface area contributed by atoms with Crippen LogP contribution in [0.25, 0.3) is 0 Å². The molecule has 1 aliphatic carbocycles. The molecule has 4 nitrogen and oxygen atoms in total. The van der Waals surface area contributed by atoms with Crippen LogP contribution in [0.15, 0.2) is 12.1 Å². The molecule has 0 bridgehead atoms. The molecule has 1 aliphatic heterocycles. The minimum atomic E-state index is 0. The van der Waals surface area contributed by atoms with E-state index in [4.69, 9.17) is 9.47 Å². The Bertz CT molecular complexity index is 383. The van der Waals surface area contributed by atoms with Crippen LogP contribution in [0.4, 0.5) is 0 Å². The Morgan fingerprint density at radius 1 is 1.41 bits per heavy atom. The molecule has 0 aromatic carbocycles. The molecule has 0 unspecified atom stereocenters. The van der Waals surface area contributed by atoms with Gasteiger partial charge in [-0.25, -0.2) is 0 Å². The SMILES string of the molecule is Cl.c1cc2c(nc1OCC1CC1)OCCNC2. The number of nitrogens with one attached hydrogen (secondary N) is 1. The fourth-order valence-corrected chi connectivity index (χ4v) is 1.72. The standard InChI is InChI=1S/C12H16N2O2.ClH/c1-2-9(1)8-16-11-4-3-10-7-13-5-6-15-12(10)14-11;/h3-4,9,13H,1-2,5-8H2;1H. The molecule has 1 aromatic rings. The third-order valence-electron chi connectivity index (χ3n) is 2.91. The summed E-state index contributed by atoms with van der Waals surface area (Å²) < 4.78 is 11.2. The first-order chi connectivity index (χ1) is 7.92. The van der Waals surface area contributed by atoms with E-state index in [1.54, 1.807) is 0 Å². The van der Waals surface area contributed by atoms with Crippen molar-refractivity contribution in [2.24, 2.45) is 5.92 Å². The van der Waals surface area contributed by atoms with Crippen molar-refractivity contribution in [3.05, 3.63) is 17.7 Å². The van der Waals surface area contributed by atoms with Gasteiger partial charge in [-0.1, -0.05) is 0 Å². The van der Waals surface area contributed by atoms with Crippen molar-refractivity contribution in [3.8, 4) is 11.8 Å². The molecule has 1 N–H and O–H groups in total. The number of hydrogen-bond acceptors (Lipinski definition) is 4. The van der Waals surface area contributed by atoms with Crippen LogP contribution in [0, 0.1) is 5.92 Å². The maximum absolute atomic E-state index is 5.63. The summed E-state index contributed by atoms with van der Waals surface area (Å²) in [5.41, 5.74) is 1.11. The third-order valence-corrected chi connectivity index (χ3v) is 2.91. The number of rotatable bonds is 3. The minimum Gasteiger partial charge on any atom is -0.477 e. The Morgan fingerprint density at radius 3 is 3.12 bits per heavy atom. The average molecular weight is 257 g/mol. The molecule has 3 rings (SSSR count). The van der Waals surface area contributed by atoms with E-state index in [1.165, 1.54) is 12.8 Å². The van der Waals surface area contributed by atoms with Gasteiger partial charge in [0.2, 0.25) is 11.8 Å². The fraction of sp³-hybridized carbons (Fsp3) is 0.583. The molecule has 0 spiro atoms. The first kappa shape index (κ1) is 12.5. The number of fused-ring (bicyclic) bond motifs is 1. The van der Waals surface area contributed by atoms with Crippen LogP contribution in [0.3, 0.4) is 0 Å². The van der Waals surface area contributed by atoms with Crippen LogP contribution in [0.5, 0.6) is 11.8 Å². The maximum Gasteiger partial charge on any atom is 0.221 e. The topological polar surface area (TPSA) is 43.4 Å². The zero-order valence-corrected chi connectivity index (χ0v) is 10.5. The lowest BCUT2D eigenvalue weighted by molar-refractivity contribution is 0.273. The van der Waals surface area contributed by atoms with E-state index in [9.17, 15) is 0 Å². The van der Waals surface area contributed by atoms with Crippen LogP contribution in [-0.4, -0.2) is 24.7 Å². The summed E-state index contributed by atoms with van der Waals surface area (Å²) in [7, 11) is 0. The van der Waals surface area contributed by atoms with Crippen molar-refractivity contribution in [2.75, 3.05) is 19.8 Å². The molecular formula is C12H17ClN2O2. The summed E-state index contributed by atoms with van der Waals surface area (Å²) in [4.78, 5) is 4.39. The van der Waals surface area contributed by atoms with Crippen molar-refractivity contribution < 1.29 is 9.47 Å². The molecule has 0 saturated heterocycles. The molecule has 1 fully saturated rings. The van der Waals surface area contributed by atoms with Gasteiger partial charge in [-0.3, -0.25) is 0 Å². The molecule has 0 amide bonds. The van der Waals surface area contributed by atoms with Gasteiger partial charge in [0.25, 0.3) is 0 Å². The molecular weight excluding hydrogens is 240 g/mol. The molecule has 2 heterocycles. The van der Waals surface area contributed by atoms with Gasteiger partial charge in [-0.15, -0.1) is 12.4 Å². The molecule has 2 aliphatic rings. The maximum atomic E-state index is 5.63. The second-order valence-corrected chi connectivity index (χ2v) is 4.39. The summed E-state index contributed by atoms with van der Waals surface area (Å²) in [6, 6.07) is 3.96. The van der Waals surface area contributed by atoms with Crippen LogP contribution in [0.1, 0.15) is 18.4 Å². The molecule has 0 radical (unpaired) electrons. The van der Waals surface area contributed by atoms with Gasteiger partial charge in [0.1, 0.15) is 6.61 Å². The van der Waals surface area contributed by atoms with Gasteiger partial charge in [0.05, 0.1) is 6.61 Å². The van der Waals surface area contributed by atoms with E-state index in [-0.39, 0.29) is 12.4 Å². The van der Waals surface area contributed by atoms with E-state index in [2.05, 4.69) is 10.3 Å². The van der Waals surface area contributed by atoms with E-state index < -0.39 is 0 Å². The smallest absolute Gasteiger partial charge is 0.221 e. The quantitative estimate of drug-likeness (QED) is 0.895. The van der Waals surface area contributed by atoms with Gasteiger partial charge in [-0.05, 0) is 24.8 Å². The zero-order valence-electron chi connectivity index (χ0n) is 9.65. The van der Waals surface area contributed by atoms with Gasteiger partial charge in [-0.2, -0.15) is 4.98 Å². The van der Waals surface area contributed by atoms with Crippen LogP contribution in [0.2, 0.25) is 0 Å². The van der Waals surface area contributed by atoms with Gasteiger partial charge in [0.15, 0.2) is 0 Å². The Morgan fingerprint density at radius 2 is 2.29 bits per heavy atom. The van der Waals surface area contributed by atoms with E-state index in [0.717, 1.165) is 37.1 Å². The van der Waals surface area contributed by atoms with Crippen molar-refractivity contribution in [3.63, 3.8) is 0 Å². The van der Waals surface area contributed by atoms with Crippen LogP contribution in [-0.2, 0) is 6.54 Å². The number of aromatic nitrogens is 1. The molecule has 1 saturated carbocycles. The Labute approximate surface area is 107 Å². The van der Waals surface area contributed by atoms with Crippen molar-refractivity contribution in [2.45, 2.75) is 19.4 Å². The summed E-state index contributed by atoms with van der Waals surface area (Å²) in [5, 5.41) is 3.28. The zero-order chi connectivity index (χ0) is 10.8. The second kappa shape index (κ2) is 5.56. The summed E-state index contributed by atoms with van der Waals surface area (Å²) in [6.45, 7) is 3.16. The lowest BCUT2D eigenvalue weighted by Gasteiger charge is -2.08. The van der Waals surface area contributed by atoms with Crippen molar-refractivity contribution in [1.82, 2.24) is 10.3 Å². The van der Waals surface area contributed by atoms with Crippen LogP contribution < -0.4 is 14.8 Å². The van der Waals surface area contributed by atoms with Gasteiger partial charge in [0, 0.05) is 24.7 Å². The number of hydrogen-bond donors (Lipinski definition) is 1. The molecule has 94 valence electrons. The number of ether oxygens (including phenoxy) is 2. The lowest BCUT2D eigenvalue weighted by Crippen LogP contribution is -2.16. The Balaban J connectivity index is 0.00000108. The normalized spacial score (nSPS) is 18.4. The highest BCUT2D eigenvalue weighted by molar-refractivity contribution is 5.85. The molecule has 17 heavy (non-hydrogen) atoms. The lowest BCUT2D eigenvalue weighted by atomic mass is 10.2. The largest absolute Gasteiger partial charge is 0.477 e. The Kier molecular flexibility index (Phi) is 4.07. The molecule has 5 heteroatoms. The molecule has 1 aromatic heterocycles. The average Bonchev–Trinajstić information content (AvgIpc) is 3.13. The number of nitrogens with zero attached hydrogens (tertiary/aromatic N) is 1. The fourth-order valence-electron chi connectivity index (χ4n) is 1.72. The van der Waals surface area contributed by atoms with Crippen molar-refractivity contribution >= 4 is 12.4 Å². The minimum absolute atomic E-state index is 0. The second-order valence-electron chi connectivity index (χ2n) is 4.39. The first-order valence-electron chi connectivity index (χ1n) is 5.88. The van der Waals surface area contributed by atoms with Crippen molar-refractivity contribution in [1.29, 1.82) is 0 Å². The highest BCUT2D eigenvalue weighted by Gasteiger charge is 2.22. The summed E-state index contributed by atoms with van der Waals surface area (Å²) in [6.07, 6.45) is 2.59. The predicted octanol–water partition coefficient (Wildman–Crippen LogP) is 1.77. The number of pyridine rings is 1. The van der Waals surface area contributed by atoms with Gasteiger partial charge < -0.3 is 14.8 Å². The number of halogens is 1. The van der Waals surface area contributed by atoms with E-state index in [0.29, 0.717) is 12.5 Å². The van der Waals surface area contributed by atoms with Gasteiger partial charge >= 0.3 is 0 Å². The molecule has 0 atom stereocenters. The van der Waals surface area contributed by atoms with Crippen LogP contribution >= 0.6 is 12.4 Å². The highest BCUT2D eigenvalue weighted by Crippen LogP contribution is 2.30. The van der Waals surface area contributed by atoms with E-state index >= 15 is 0 Å². The van der Waals surface area contributed by atoms with E-state index in [1.807, 2.05) is 12.1 Å². The monoisotopic (exact) mass is 256 g/mol. The first-order valence-corrected chi connectivity index (χ1v) is 5.88. The summed E-state index contributed by atoms with van der Waals surface area (Å²) in [5.74, 6) is 2.16. The highest BCUT2D eigenvalue weighted by atomic mass is 35.5.